The van der Waals surface area contributed by atoms with E-state index in [1.54, 1.807) is 0 Å². The van der Waals surface area contributed by atoms with Crippen LogP contribution in [0.2, 0.25) is 0 Å². The zero-order valence-electron chi connectivity index (χ0n) is 43.7. The van der Waals surface area contributed by atoms with E-state index in [0.29, 0.717) is 19.3 Å². The molecule has 1 unspecified atom stereocenters. The van der Waals surface area contributed by atoms with Crippen LogP contribution in [0.3, 0.4) is 0 Å². The third kappa shape index (κ3) is 52.1. The predicted molar refractivity (Wildman–Crippen MR) is 284 cm³/mol. The largest absolute Gasteiger partial charge is 0.462 e. The van der Waals surface area contributed by atoms with Crippen molar-refractivity contribution in [2.24, 2.45) is 0 Å². The number of carbonyl (C=O) groups is 3. The van der Waals surface area contributed by atoms with Crippen molar-refractivity contribution in [3.63, 3.8) is 0 Å². The summed E-state index contributed by atoms with van der Waals surface area (Å²) < 4.78 is 16.6. The highest BCUT2D eigenvalue weighted by atomic mass is 16.6. The summed E-state index contributed by atoms with van der Waals surface area (Å²) in [6.07, 6.45) is 68.5. The van der Waals surface area contributed by atoms with Crippen LogP contribution in [0.15, 0.2) is 60.8 Å². The average molecular weight is 924 g/mol. The van der Waals surface area contributed by atoms with Crippen LogP contribution in [-0.4, -0.2) is 37.2 Å². The number of rotatable bonds is 51. The minimum Gasteiger partial charge on any atom is -0.462 e. The van der Waals surface area contributed by atoms with E-state index in [1.807, 2.05) is 0 Å². The minimum absolute atomic E-state index is 0.0946. The van der Waals surface area contributed by atoms with Crippen LogP contribution in [0, 0.1) is 0 Å². The van der Waals surface area contributed by atoms with Crippen molar-refractivity contribution >= 4 is 17.9 Å². The molecular weight excluding hydrogens is 817 g/mol. The van der Waals surface area contributed by atoms with Crippen molar-refractivity contribution in [2.75, 3.05) is 13.2 Å². The van der Waals surface area contributed by atoms with Crippen LogP contribution in [0.4, 0.5) is 0 Å². The summed E-state index contributed by atoms with van der Waals surface area (Å²) in [6, 6.07) is 0. The van der Waals surface area contributed by atoms with E-state index in [1.165, 1.54) is 154 Å². The molecule has 66 heavy (non-hydrogen) atoms. The fraction of sp³-hybridized carbons (Fsp3) is 0.783. The highest BCUT2D eigenvalue weighted by molar-refractivity contribution is 5.71. The van der Waals surface area contributed by atoms with Gasteiger partial charge in [-0.1, -0.05) is 268 Å². The van der Waals surface area contributed by atoms with Gasteiger partial charge in [-0.15, -0.1) is 0 Å². The third-order valence-corrected chi connectivity index (χ3v) is 12.3. The molecule has 0 aliphatic heterocycles. The van der Waals surface area contributed by atoms with Gasteiger partial charge in [-0.25, -0.2) is 0 Å². The van der Waals surface area contributed by atoms with Crippen molar-refractivity contribution in [1.29, 1.82) is 0 Å². The lowest BCUT2D eigenvalue weighted by Crippen LogP contribution is -2.30. The van der Waals surface area contributed by atoms with E-state index >= 15 is 0 Å². The SMILES string of the molecule is CC/C=C\C/C=C\C/C=C\C/C=C\C/C=C\CCCC(=O)OC(COC(=O)CCCCCCC)COC(=O)CCCCCCCCCCCCCCCCCCCCCCCCCCCC. The number of hydrogen-bond acceptors (Lipinski definition) is 6. The molecule has 0 amide bonds. The molecule has 6 nitrogen and oxygen atoms in total. The maximum Gasteiger partial charge on any atom is 0.306 e. The summed E-state index contributed by atoms with van der Waals surface area (Å²) in [4.78, 5) is 37.7. The van der Waals surface area contributed by atoms with Gasteiger partial charge in [0.1, 0.15) is 13.2 Å². The molecule has 0 heterocycles. The monoisotopic (exact) mass is 923 g/mol. The lowest BCUT2D eigenvalue weighted by atomic mass is 10.0. The molecule has 0 radical (unpaired) electrons. The Morgan fingerprint density at radius 1 is 0.318 bits per heavy atom. The normalized spacial score (nSPS) is 12.5. The first kappa shape index (κ1) is 63.1. The van der Waals surface area contributed by atoms with Gasteiger partial charge in [-0.2, -0.15) is 0 Å². The first-order chi connectivity index (χ1) is 32.5. The second-order valence-electron chi connectivity index (χ2n) is 18.8. The van der Waals surface area contributed by atoms with Gasteiger partial charge in [0, 0.05) is 19.3 Å². The van der Waals surface area contributed by atoms with Crippen LogP contribution in [0.1, 0.15) is 284 Å². The van der Waals surface area contributed by atoms with E-state index in [9.17, 15) is 14.4 Å². The van der Waals surface area contributed by atoms with Crippen LogP contribution < -0.4 is 0 Å². The first-order valence-electron chi connectivity index (χ1n) is 28.3. The first-order valence-corrected chi connectivity index (χ1v) is 28.3. The molecule has 0 saturated heterocycles. The molecule has 0 aromatic carbocycles. The molecule has 0 fully saturated rings. The number of esters is 3. The molecule has 1 atom stereocenters. The summed E-state index contributed by atoms with van der Waals surface area (Å²) >= 11 is 0. The molecule has 0 N–H and O–H groups in total. The number of carbonyl (C=O) groups excluding carboxylic acids is 3. The third-order valence-electron chi connectivity index (χ3n) is 12.3. The zero-order valence-corrected chi connectivity index (χ0v) is 43.7. The van der Waals surface area contributed by atoms with Gasteiger partial charge >= 0.3 is 17.9 Å². The van der Waals surface area contributed by atoms with E-state index in [0.717, 1.165) is 83.5 Å². The second kappa shape index (κ2) is 54.7. The van der Waals surface area contributed by atoms with Gasteiger partial charge in [0.15, 0.2) is 6.10 Å². The highest BCUT2D eigenvalue weighted by Gasteiger charge is 2.19. The number of allylic oxidation sites excluding steroid dienone is 10. The van der Waals surface area contributed by atoms with Crippen LogP contribution in [-0.2, 0) is 28.6 Å². The van der Waals surface area contributed by atoms with Crippen LogP contribution in [0.5, 0.6) is 0 Å². The maximum atomic E-state index is 12.7. The van der Waals surface area contributed by atoms with Crippen molar-refractivity contribution in [3.05, 3.63) is 60.8 Å². The lowest BCUT2D eigenvalue weighted by Gasteiger charge is -2.18. The minimum atomic E-state index is -0.798. The molecule has 382 valence electrons. The molecule has 0 aliphatic carbocycles. The van der Waals surface area contributed by atoms with E-state index < -0.39 is 6.10 Å². The smallest absolute Gasteiger partial charge is 0.306 e. The highest BCUT2D eigenvalue weighted by Crippen LogP contribution is 2.17. The van der Waals surface area contributed by atoms with Gasteiger partial charge in [0.2, 0.25) is 0 Å². The molecule has 0 aromatic heterocycles. The quantitative estimate of drug-likeness (QED) is 0.0262. The van der Waals surface area contributed by atoms with Crippen molar-refractivity contribution in [2.45, 2.75) is 290 Å². The Balaban J connectivity index is 4.08. The Bertz CT molecular complexity index is 1200. The number of ether oxygens (including phenoxy) is 3. The summed E-state index contributed by atoms with van der Waals surface area (Å²) in [6.45, 7) is 6.42. The molecule has 0 rings (SSSR count). The fourth-order valence-electron chi connectivity index (χ4n) is 8.07. The fourth-order valence-corrected chi connectivity index (χ4v) is 8.07. The van der Waals surface area contributed by atoms with Crippen LogP contribution in [0.25, 0.3) is 0 Å². The molecule has 6 heteroatoms. The molecule has 0 saturated carbocycles. The molecule has 0 aliphatic rings. The Labute approximate surface area is 409 Å². The Kier molecular flexibility index (Phi) is 52.3. The summed E-state index contributed by atoms with van der Waals surface area (Å²) in [5, 5.41) is 0. The van der Waals surface area contributed by atoms with Crippen molar-refractivity contribution in [1.82, 2.24) is 0 Å². The second-order valence-corrected chi connectivity index (χ2v) is 18.8. The van der Waals surface area contributed by atoms with Gasteiger partial charge in [-0.05, 0) is 57.8 Å². The average Bonchev–Trinajstić information content (AvgIpc) is 3.31. The summed E-state index contributed by atoms with van der Waals surface area (Å²) in [5.41, 5.74) is 0. The van der Waals surface area contributed by atoms with E-state index in [4.69, 9.17) is 14.2 Å². The van der Waals surface area contributed by atoms with Crippen molar-refractivity contribution < 1.29 is 28.6 Å². The number of unbranched alkanes of at least 4 members (excludes halogenated alkanes) is 30. The van der Waals surface area contributed by atoms with Crippen LogP contribution >= 0.6 is 0 Å². The maximum absolute atomic E-state index is 12.7. The zero-order chi connectivity index (χ0) is 47.9. The van der Waals surface area contributed by atoms with Gasteiger partial charge in [-0.3, -0.25) is 14.4 Å². The van der Waals surface area contributed by atoms with E-state index in [-0.39, 0.29) is 37.5 Å². The Morgan fingerprint density at radius 2 is 0.591 bits per heavy atom. The molecule has 0 spiro atoms. The lowest BCUT2D eigenvalue weighted by molar-refractivity contribution is -0.167. The van der Waals surface area contributed by atoms with Crippen molar-refractivity contribution in [3.8, 4) is 0 Å². The predicted octanol–water partition coefficient (Wildman–Crippen LogP) is 18.8. The van der Waals surface area contributed by atoms with E-state index in [2.05, 4.69) is 81.5 Å². The molecule has 0 bridgehead atoms. The van der Waals surface area contributed by atoms with Gasteiger partial charge in [0.25, 0.3) is 0 Å². The molecular formula is C60H106O6. The Morgan fingerprint density at radius 3 is 0.909 bits per heavy atom. The van der Waals surface area contributed by atoms with Gasteiger partial charge < -0.3 is 14.2 Å². The Hall–Kier alpha value is -2.89. The topological polar surface area (TPSA) is 78.9 Å². The van der Waals surface area contributed by atoms with Gasteiger partial charge in [0.05, 0.1) is 0 Å². The number of hydrogen-bond donors (Lipinski definition) is 0. The molecule has 0 aromatic rings. The summed E-state index contributed by atoms with van der Waals surface area (Å²) in [7, 11) is 0. The standard InChI is InChI=1S/C60H106O6/c1-4-7-10-13-15-17-19-21-23-25-26-27-28-29-30-31-32-33-35-36-38-40-42-44-47-50-53-59(62)65-56-57(55-64-58(61)52-49-46-12-9-6-3)66-60(63)54-51-48-45-43-41-39-37-34-24-22-20-18-16-14-11-8-5-2/h8,11,16,18,22,24,37,39,43,45,57H,4-7,9-10,12-15,17,19-21,23,25-36,38,40-42,44,46-56H2,1-3H3/b11-8-,18-16-,24-22-,39-37-,45-43-. The summed E-state index contributed by atoms with van der Waals surface area (Å²) in [5.74, 6) is -0.960.